The molecule has 0 radical (unpaired) electrons. The molecule has 10 heteroatoms. The second kappa shape index (κ2) is 5.71. The van der Waals surface area contributed by atoms with E-state index in [2.05, 4.69) is 0 Å². The summed E-state index contributed by atoms with van der Waals surface area (Å²) in [6.45, 7) is 1.54. The van der Waals surface area contributed by atoms with Gasteiger partial charge in [-0.05, 0) is 18.2 Å². The SMILES string of the molecule is NS(=O)(=O)c1ccc(C(=O)N2C[C@H]3CN(C(=O)O)C[C@@H]3C2)cc1F. The Morgan fingerprint density at radius 2 is 1.67 bits per heavy atom. The van der Waals surface area contributed by atoms with Crippen molar-refractivity contribution >= 4 is 22.0 Å². The Hall–Kier alpha value is -2.20. The summed E-state index contributed by atoms with van der Waals surface area (Å²) in [4.78, 5) is 25.6. The number of amides is 2. The fourth-order valence-electron chi connectivity index (χ4n) is 3.36. The molecule has 0 aliphatic carbocycles. The van der Waals surface area contributed by atoms with Crippen LogP contribution in [0.15, 0.2) is 23.1 Å². The molecule has 2 amide bonds. The molecule has 2 heterocycles. The maximum atomic E-state index is 13.9. The van der Waals surface area contributed by atoms with E-state index in [-0.39, 0.29) is 17.4 Å². The lowest BCUT2D eigenvalue weighted by Crippen LogP contribution is -2.35. The normalized spacial score (nSPS) is 23.4. The number of primary sulfonamides is 1. The van der Waals surface area contributed by atoms with Crippen LogP contribution in [0.3, 0.4) is 0 Å². The average Bonchev–Trinajstić information content (AvgIpc) is 3.03. The minimum atomic E-state index is -4.18. The molecule has 2 atom stereocenters. The number of nitrogens with zero attached hydrogens (tertiary/aromatic N) is 2. The van der Waals surface area contributed by atoms with Crippen molar-refractivity contribution in [2.75, 3.05) is 26.2 Å². The smallest absolute Gasteiger partial charge is 0.407 e. The van der Waals surface area contributed by atoms with Crippen LogP contribution in [0.2, 0.25) is 0 Å². The zero-order valence-electron chi connectivity index (χ0n) is 12.6. The lowest BCUT2D eigenvalue weighted by molar-refractivity contribution is 0.0773. The third kappa shape index (κ3) is 2.94. The fourth-order valence-corrected chi connectivity index (χ4v) is 3.95. The number of benzene rings is 1. The van der Waals surface area contributed by atoms with E-state index in [0.717, 1.165) is 12.1 Å². The zero-order chi connectivity index (χ0) is 17.6. The van der Waals surface area contributed by atoms with Crippen LogP contribution in [0.25, 0.3) is 0 Å². The molecule has 0 aromatic heterocycles. The van der Waals surface area contributed by atoms with E-state index >= 15 is 0 Å². The lowest BCUT2D eigenvalue weighted by atomic mass is 10.0. The number of likely N-dealkylation sites (tertiary alicyclic amines) is 2. The molecule has 8 nitrogen and oxygen atoms in total. The first-order chi connectivity index (χ1) is 11.2. The van der Waals surface area contributed by atoms with Crippen LogP contribution in [0.5, 0.6) is 0 Å². The molecule has 2 saturated heterocycles. The Bertz CT molecular complexity index is 799. The fraction of sp³-hybridized carbons (Fsp3) is 0.429. The van der Waals surface area contributed by atoms with Gasteiger partial charge in [0.25, 0.3) is 5.91 Å². The summed E-state index contributed by atoms with van der Waals surface area (Å²) in [5, 5.41) is 13.9. The molecule has 3 N–H and O–H groups in total. The zero-order valence-corrected chi connectivity index (χ0v) is 13.4. The second-order valence-electron chi connectivity index (χ2n) is 6.11. The molecule has 2 fully saturated rings. The van der Waals surface area contributed by atoms with Gasteiger partial charge in [-0.3, -0.25) is 4.79 Å². The van der Waals surface area contributed by atoms with Crippen LogP contribution in [-0.4, -0.2) is 61.5 Å². The van der Waals surface area contributed by atoms with Crippen LogP contribution < -0.4 is 5.14 Å². The van der Waals surface area contributed by atoms with Gasteiger partial charge in [-0.2, -0.15) is 0 Å². The van der Waals surface area contributed by atoms with Gasteiger partial charge in [-0.15, -0.1) is 0 Å². The number of hydrogen-bond donors (Lipinski definition) is 2. The summed E-state index contributed by atoms with van der Waals surface area (Å²) in [5.74, 6) is -1.34. The van der Waals surface area contributed by atoms with Gasteiger partial charge < -0.3 is 14.9 Å². The summed E-state index contributed by atoms with van der Waals surface area (Å²) in [6.07, 6.45) is -0.970. The van der Waals surface area contributed by atoms with E-state index in [1.54, 1.807) is 4.90 Å². The quantitative estimate of drug-likeness (QED) is 0.781. The summed E-state index contributed by atoms with van der Waals surface area (Å²) in [6, 6.07) is 3.06. The van der Waals surface area contributed by atoms with Gasteiger partial charge >= 0.3 is 6.09 Å². The molecular weight excluding hydrogens is 341 g/mol. The molecule has 0 saturated carbocycles. The monoisotopic (exact) mass is 357 g/mol. The molecule has 1 aromatic rings. The van der Waals surface area contributed by atoms with Crippen molar-refractivity contribution in [1.82, 2.24) is 9.80 Å². The molecule has 0 unspecified atom stereocenters. The number of carbonyl (C=O) groups excluding carboxylic acids is 1. The standard InChI is InChI=1S/C14H16FN3O5S/c15-11-3-8(1-2-12(11)24(16,22)23)13(19)17-4-9-6-18(14(20)21)7-10(9)5-17/h1-3,9-10H,4-7H2,(H,20,21)(H2,16,22,23)/t9-,10-/m0/s1. The van der Waals surface area contributed by atoms with Gasteiger partial charge in [-0.1, -0.05) is 0 Å². The molecule has 0 bridgehead atoms. The maximum absolute atomic E-state index is 13.9. The van der Waals surface area contributed by atoms with E-state index in [9.17, 15) is 22.4 Å². The number of nitrogens with two attached hydrogens (primary N) is 1. The van der Waals surface area contributed by atoms with E-state index in [1.165, 1.54) is 11.0 Å². The maximum Gasteiger partial charge on any atom is 0.407 e. The number of carboxylic acid groups (broad SMARTS) is 1. The van der Waals surface area contributed by atoms with E-state index in [0.29, 0.717) is 26.2 Å². The molecule has 24 heavy (non-hydrogen) atoms. The van der Waals surface area contributed by atoms with Gasteiger partial charge in [0.05, 0.1) is 0 Å². The van der Waals surface area contributed by atoms with Crippen molar-refractivity contribution in [2.45, 2.75) is 4.90 Å². The van der Waals surface area contributed by atoms with Crippen LogP contribution in [0.4, 0.5) is 9.18 Å². The van der Waals surface area contributed by atoms with Gasteiger partial charge in [0.15, 0.2) is 0 Å². The van der Waals surface area contributed by atoms with E-state index in [4.69, 9.17) is 10.2 Å². The second-order valence-corrected chi connectivity index (χ2v) is 7.64. The van der Waals surface area contributed by atoms with E-state index in [1.807, 2.05) is 0 Å². The highest BCUT2D eigenvalue weighted by molar-refractivity contribution is 7.89. The van der Waals surface area contributed by atoms with Crippen molar-refractivity contribution in [2.24, 2.45) is 17.0 Å². The van der Waals surface area contributed by atoms with Crippen LogP contribution in [0.1, 0.15) is 10.4 Å². The Morgan fingerprint density at radius 1 is 1.12 bits per heavy atom. The summed E-state index contributed by atoms with van der Waals surface area (Å²) >= 11 is 0. The third-order valence-corrected chi connectivity index (χ3v) is 5.47. The van der Waals surface area contributed by atoms with Crippen LogP contribution in [0, 0.1) is 17.7 Å². The number of hydrogen-bond acceptors (Lipinski definition) is 4. The summed E-state index contributed by atoms with van der Waals surface area (Å²) in [5.41, 5.74) is 0.0370. The molecule has 3 rings (SSSR count). The highest BCUT2D eigenvalue weighted by Crippen LogP contribution is 2.32. The minimum Gasteiger partial charge on any atom is -0.465 e. The first-order valence-electron chi connectivity index (χ1n) is 7.26. The largest absolute Gasteiger partial charge is 0.465 e. The van der Waals surface area contributed by atoms with Crippen molar-refractivity contribution in [3.63, 3.8) is 0 Å². The van der Waals surface area contributed by atoms with Crippen LogP contribution in [-0.2, 0) is 10.0 Å². The molecule has 2 aliphatic heterocycles. The Labute approximate surface area is 137 Å². The molecule has 1 aromatic carbocycles. The van der Waals surface area contributed by atoms with Crippen molar-refractivity contribution < 1.29 is 27.5 Å². The van der Waals surface area contributed by atoms with Gasteiger partial charge in [0.2, 0.25) is 10.0 Å². The highest BCUT2D eigenvalue weighted by atomic mass is 32.2. The predicted octanol–water partition coefficient (Wildman–Crippen LogP) is 0.155. The predicted molar refractivity (Wildman–Crippen MR) is 80.3 cm³/mol. The third-order valence-electron chi connectivity index (χ3n) is 4.53. The van der Waals surface area contributed by atoms with Gasteiger partial charge in [-0.25, -0.2) is 22.7 Å². The number of carbonyl (C=O) groups is 2. The Balaban J connectivity index is 1.73. The Morgan fingerprint density at radius 3 is 2.12 bits per heavy atom. The summed E-state index contributed by atoms with van der Waals surface area (Å²) < 4.78 is 36.3. The highest BCUT2D eigenvalue weighted by Gasteiger charge is 2.43. The number of fused-ring (bicyclic) bond motifs is 1. The summed E-state index contributed by atoms with van der Waals surface area (Å²) in [7, 11) is -4.18. The first-order valence-corrected chi connectivity index (χ1v) is 8.81. The lowest BCUT2D eigenvalue weighted by Gasteiger charge is -2.20. The molecular formula is C14H16FN3O5S. The molecule has 0 spiro atoms. The van der Waals surface area contributed by atoms with Crippen molar-refractivity contribution in [3.8, 4) is 0 Å². The number of sulfonamides is 1. The van der Waals surface area contributed by atoms with Crippen molar-refractivity contribution in [3.05, 3.63) is 29.6 Å². The first kappa shape index (κ1) is 16.7. The minimum absolute atomic E-state index is 0.0370. The Kier molecular flexibility index (Phi) is 3.96. The molecule has 130 valence electrons. The topological polar surface area (TPSA) is 121 Å². The van der Waals surface area contributed by atoms with Crippen LogP contribution >= 0.6 is 0 Å². The van der Waals surface area contributed by atoms with E-state index < -0.39 is 32.7 Å². The van der Waals surface area contributed by atoms with Crippen molar-refractivity contribution in [1.29, 1.82) is 0 Å². The molecule has 2 aliphatic rings. The van der Waals surface area contributed by atoms with Gasteiger partial charge in [0.1, 0.15) is 10.7 Å². The average molecular weight is 357 g/mol. The van der Waals surface area contributed by atoms with Gasteiger partial charge in [0, 0.05) is 43.6 Å². The number of rotatable bonds is 2. The number of halogens is 1.